The number of amides is 2. The fourth-order valence-corrected chi connectivity index (χ4v) is 5.31. The molecule has 1 saturated carbocycles. The number of methoxy groups -OCH3 is 1. The molecule has 1 fully saturated rings. The summed E-state index contributed by atoms with van der Waals surface area (Å²) >= 11 is 6.39. The predicted molar refractivity (Wildman–Crippen MR) is 146 cm³/mol. The van der Waals surface area contributed by atoms with E-state index in [-0.39, 0.29) is 24.0 Å². The van der Waals surface area contributed by atoms with E-state index in [9.17, 15) is 9.59 Å². The van der Waals surface area contributed by atoms with Crippen molar-refractivity contribution in [2.75, 3.05) is 32.6 Å². The number of aromatic nitrogens is 2. The molecule has 0 saturated heterocycles. The van der Waals surface area contributed by atoms with Crippen LogP contribution in [0.15, 0.2) is 49.3 Å². The number of pyridine rings is 1. The van der Waals surface area contributed by atoms with Gasteiger partial charge in [0.25, 0.3) is 5.91 Å². The Morgan fingerprint density at radius 1 is 1.34 bits per heavy atom. The lowest BCUT2D eigenvalue weighted by molar-refractivity contribution is -0.125. The minimum Gasteiger partial charge on any atom is -0.493 e. The number of nitrogens with one attached hydrogen (secondary N) is 3. The minimum atomic E-state index is -0.197. The van der Waals surface area contributed by atoms with Gasteiger partial charge < -0.3 is 30.0 Å². The molecule has 0 bridgehead atoms. The number of fused-ring (bicyclic) bond motifs is 1. The van der Waals surface area contributed by atoms with Crippen molar-refractivity contribution in [3.63, 3.8) is 0 Å². The number of aromatic amines is 1. The number of carbonyl (C=O) groups is 2. The fourth-order valence-electron chi connectivity index (χ4n) is 5.06. The van der Waals surface area contributed by atoms with E-state index in [1.165, 1.54) is 11.0 Å². The third-order valence-corrected chi connectivity index (χ3v) is 7.53. The number of para-hydroxylation sites is 1. The Balaban J connectivity index is 1.55. The second-order valence-corrected chi connectivity index (χ2v) is 10.0. The van der Waals surface area contributed by atoms with E-state index in [0.29, 0.717) is 52.1 Å². The molecule has 10 heteroatoms. The van der Waals surface area contributed by atoms with E-state index in [2.05, 4.69) is 27.2 Å². The molecular formula is C28H30ClN5O4. The lowest BCUT2D eigenvalue weighted by atomic mass is 9.71. The highest BCUT2D eigenvalue weighted by molar-refractivity contribution is 6.32. The van der Waals surface area contributed by atoms with Gasteiger partial charge >= 0.3 is 0 Å². The Bertz CT molecular complexity index is 1400. The van der Waals surface area contributed by atoms with Crippen LogP contribution < -0.4 is 20.1 Å². The highest BCUT2D eigenvalue weighted by atomic mass is 35.5. The van der Waals surface area contributed by atoms with Crippen LogP contribution in [0.4, 0.5) is 11.4 Å². The first-order chi connectivity index (χ1) is 18.4. The van der Waals surface area contributed by atoms with Crippen molar-refractivity contribution in [1.29, 1.82) is 0 Å². The maximum atomic E-state index is 13.5. The number of benzene rings is 1. The summed E-state index contributed by atoms with van der Waals surface area (Å²) in [4.78, 5) is 34.6. The van der Waals surface area contributed by atoms with Crippen molar-refractivity contribution in [2.24, 2.45) is 0 Å². The number of hydrogen-bond donors (Lipinski definition) is 3. The van der Waals surface area contributed by atoms with Crippen LogP contribution in [0.25, 0.3) is 11.3 Å². The monoisotopic (exact) mass is 535 g/mol. The number of halogens is 1. The molecule has 38 heavy (non-hydrogen) atoms. The lowest BCUT2D eigenvalue weighted by Crippen LogP contribution is -2.57. The number of hydrogen-bond acceptors (Lipinski definition) is 6. The normalized spacial score (nSPS) is 15.2. The first kappa shape index (κ1) is 25.7. The van der Waals surface area contributed by atoms with Crippen molar-refractivity contribution < 1.29 is 19.1 Å². The third kappa shape index (κ3) is 4.69. The molecule has 1 aliphatic heterocycles. The average Bonchev–Trinajstić information content (AvgIpc) is 3.25. The van der Waals surface area contributed by atoms with Gasteiger partial charge in [-0.2, -0.15) is 0 Å². The number of carbonyl (C=O) groups excluding carboxylic acids is 2. The van der Waals surface area contributed by atoms with Gasteiger partial charge in [-0.15, -0.1) is 0 Å². The zero-order valence-electron chi connectivity index (χ0n) is 21.4. The Kier molecular flexibility index (Phi) is 7.03. The average molecular weight is 536 g/mol. The van der Waals surface area contributed by atoms with Gasteiger partial charge in [-0.3, -0.25) is 14.6 Å². The van der Waals surface area contributed by atoms with Crippen LogP contribution in [0.2, 0.25) is 5.02 Å². The smallest absolute Gasteiger partial charge is 0.255 e. The molecule has 2 aliphatic rings. The van der Waals surface area contributed by atoms with Gasteiger partial charge in [0.2, 0.25) is 5.91 Å². The molecule has 1 aromatic carbocycles. The Morgan fingerprint density at radius 2 is 2.16 bits per heavy atom. The number of H-pyrrole nitrogens is 1. The first-order valence-corrected chi connectivity index (χ1v) is 12.8. The van der Waals surface area contributed by atoms with Crippen molar-refractivity contribution in [3.05, 3.63) is 65.6 Å². The number of anilines is 2. The van der Waals surface area contributed by atoms with E-state index < -0.39 is 0 Å². The summed E-state index contributed by atoms with van der Waals surface area (Å²) in [6, 6.07) is 7.24. The van der Waals surface area contributed by atoms with Crippen LogP contribution in [0.3, 0.4) is 0 Å². The third-order valence-electron chi connectivity index (χ3n) is 7.23. The quantitative estimate of drug-likeness (QED) is 0.342. The van der Waals surface area contributed by atoms with Crippen LogP contribution in [-0.4, -0.2) is 59.5 Å². The number of nitrogens with zero attached hydrogens (tertiary/aromatic N) is 2. The van der Waals surface area contributed by atoms with E-state index in [0.717, 1.165) is 30.5 Å². The van der Waals surface area contributed by atoms with E-state index in [4.69, 9.17) is 21.1 Å². The highest BCUT2D eigenvalue weighted by Crippen LogP contribution is 2.46. The summed E-state index contributed by atoms with van der Waals surface area (Å²) in [7, 11) is 3.24. The van der Waals surface area contributed by atoms with Crippen LogP contribution in [-0.2, 0) is 11.2 Å². The molecular weight excluding hydrogens is 506 g/mol. The summed E-state index contributed by atoms with van der Waals surface area (Å²) in [5.74, 6) is 0.682. The number of ether oxygens (including phenoxy) is 2. The summed E-state index contributed by atoms with van der Waals surface area (Å²) in [6.07, 6.45) is 8.29. The van der Waals surface area contributed by atoms with Gasteiger partial charge in [-0.25, -0.2) is 0 Å². The molecule has 0 atom stereocenters. The van der Waals surface area contributed by atoms with E-state index >= 15 is 0 Å². The summed E-state index contributed by atoms with van der Waals surface area (Å²) < 4.78 is 11.6. The molecule has 9 nitrogen and oxygen atoms in total. The van der Waals surface area contributed by atoms with Crippen LogP contribution in [0.1, 0.15) is 35.3 Å². The Morgan fingerprint density at radius 3 is 2.87 bits per heavy atom. The molecule has 3 aromatic rings. The molecule has 1 aliphatic carbocycles. The summed E-state index contributed by atoms with van der Waals surface area (Å²) in [5, 5.41) is 7.12. The molecule has 198 valence electrons. The van der Waals surface area contributed by atoms with E-state index in [1.54, 1.807) is 32.6 Å². The maximum Gasteiger partial charge on any atom is 0.255 e. The topological polar surface area (TPSA) is 109 Å². The van der Waals surface area contributed by atoms with Crippen LogP contribution >= 0.6 is 11.6 Å². The van der Waals surface area contributed by atoms with Gasteiger partial charge in [0.15, 0.2) is 5.75 Å². The fraction of sp³-hybridized carbons (Fsp3) is 0.321. The van der Waals surface area contributed by atoms with Crippen molar-refractivity contribution >= 4 is 34.8 Å². The minimum absolute atomic E-state index is 0.127. The van der Waals surface area contributed by atoms with Gasteiger partial charge in [-0.1, -0.05) is 24.2 Å². The van der Waals surface area contributed by atoms with Gasteiger partial charge in [-0.05, 0) is 43.5 Å². The number of likely N-dealkylation sites (N-methyl/N-ethyl adjacent to an activating group) is 1. The molecule has 0 unspecified atom stereocenters. The van der Waals surface area contributed by atoms with Gasteiger partial charge in [0.05, 0.1) is 47.5 Å². The second kappa shape index (κ2) is 10.4. The molecule has 1 spiro atoms. The first-order valence-electron chi connectivity index (χ1n) is 12.5. The SMILES string of the molecule is C=CC(=O)N(C)CCOc1cnccc1-c1[nH]c2c(c1Nc1cccc(Cl)c1OC)C(=O)NC1(CCC1)C2. The molecule has 5 rings (SSSR count). The molecule has 3 heterocycles. The Hall–Kier alpha value is -3.98. The summed E-state index contributed by atoms with van der Waals surface area (Å²) in [5.41, 5.74) is 3.87. The van der Waals surface area contributed by atoms with Crippen LogP contribution in [0, 0.1) is 0 Å². The van der Waals surface area contributed by atoms with E-state index in [1.807, 2.05) is 18.2 Å². The zero-order chi connectivity index (χ0) is 26.9. The highest BCUT2D eigenvalue weighted by Gasteiger charge is 2.45. The van der Waals surface area contributed by atoms with Gasteiger partial charge in [0.1, 0.15) is 12.4 Å². The van der Waals surface area contributed by atoms with Crippen molar-refractivity contribution in [2.45, 2.75) is 31.2 Å². The second-order valence-electron chi connectivity index (χ2n) is 9.62. The van der Waals surface area contributed by atoms with Crippen molar-refractivity contribution in [3.8, 4) is 22.8 Å². The summed E-state index contributed by atoms with van der Waals surface area (Å²) in [6.45, 7) is 4.14. The van der Waals surface area contributed by atoms with Crippen molar-refractivity contribution in [1.82, 2.24) is 20.2 Å². The molecule has 0 radical (unpaired) electrons. The standard InChI is InChI=1S/C28H30ClN5O4/c1-4-22(35)34(2)13-14-38-21-16-30-12-9-17(21)24-25(31-19-8-5-7-18(29)26(19)37-3)23-20(32-24)15-28(10-6-11-28)33-27(23)36/h4-5,7-9,12,16,31-32H,1,6,10-11,13-15H2,2-3H3,(H,33,36). The molecule has 2 amide bonds. The van der Waals surface area contributed by atoms with Gasteiger partial charge in [0, 0.05) is 36.5 Å². The zero-order valence-corrected chi connectivity index (χ0v) is 22.2. The molecule has 2 aromatic heterocycles. The Labute approximate surface area is 226 Å². The lowest BCUT2D eigenvalue weighted by Gasteiger charge is -2.45. The maximum absolute atomic E-state index is 13.5. The molecule has 3 N–H and O–H groups in total. The van der Waals surface area contributed by atoms with Crippen LogP contribution in [0.5, 0.6) is 11.5 Å². The predicted octanol–water partition coefficient (Wildman–Crippen LogP) is 4.71. The largest absolute Gasteiger partial charge is 0.493 e. The number of rotatable bonds is 9.